The van der Waals surface area contributed by atoms with Gasteiger partial charge in [0.1, 0.15) is 22.5 Å². The Morgan fingerprint density at radius 1 is 0.953 bits per heavy atom. The zero-order valence-corrected chi connectivity index (χ0v) is 25.7. The topological polar surface area (TPSA) is 98.8 Å². The highest BCUT2D eigenvalue weighted by Crippen LogP contribution is 2.52. The maximum Gasteiger partial charge on any atom is 0.355 e. The van der Waals surface area contributed by atoms with Crippen molar-refractivity contribution in [2.75, 3.05) is 6.61 Å². The van der Waals surface area contributed by atoms with Crippen LogP contribution in [0.4, 0.5) is 4.39 Å². The smallest absolute Gasteiger partial charge is 0.355 e. The first-order chi connectivity index (χ1) is 20.3. The van der Waals surface area contributed by atoms with Crippen molar-refractivity contribution in [2.24, 2.45) is 5.41 Å². The van der Waals surface area contributed by atoms with Crippen LogP contribution in [-0.4, -0.2) is 32.6 Å². The van der Waals surface area contributed by atoms with E-state index in [2.05, 4.69) is 4.72 Å². The quantitative estimate of drug-likeness (QED) is 0.232. The Hall–Kier alpha value is -4.24. The van der Waals surface area contributed by atoms with Crippen LogP contribution in [0.3, 0.4) is 0 Å². The van der Waals surface area contributed by atoms with Crippen LogP contribution < -0.4 is 4.72 Å². The molecule has 0 aliphatic heterocycles. The van der Waals surface area contributed by atoms with Gasteiger partial charge in [0, 0.05) is 5.92 Å². The van der Waals surface area contributed by atoms with Gasteiger partial charge in [-0.1, -0.05) is 72.3 Å². The number of benzene rings is 3. The van der Waals surface area contributed by atoms with Crippen molar-refractivity contribution in [1.82, 2.24) is 4.72 Å². The van der Waals surface area contributed by atoms with Crippen LogP contribution >= 0.6 is 0 Å². The largest absolute Gasteiger partial charge is 0.461 e. The van der Waals surface area contributed by atoms with Crippen LogP contribution in [0.15, 0.2) is 107 Å². The van der Waals surface area contributed by atoms with Gasteiger partial charge in [-0.3, -0.25) is 9.52 Å². The van der Waals surface area contributed by atoms with Crippen molar-refractivity contribution in [3.05, 3.63) is 125 Å². The molecular formula is C34H36FNO6S. The van der Waals surface area contributed by atoms with Crippen molar-refractivity contribution in [3.63, 3.8) is 0 Å². The summed E-state index contributed by atoms with van der Waals surface area (Å²) in [7, 11) is -4.25. The lowest BCUT2D eigenvalue weighted by Crippen LogP contribution is -2.42. The Bertz CT molecular complexity index is 1640. The van der Waals surface area contributed by atoms with E-state index in [-0.39, 0.29) is 29.2 Å². The molecule has 0 unspecified atom stereocenters. The van der Waals surface area contributed by atoms with Crippen molar-refractivity contribution < 1.29 is 31.9 Å². The second kappa shape index (κ2) is 12.6. The molecule has 1 aliphatic rings. The summed E-state index contributed by atoms with van der Waals surface area (Å²) in [6.45, 7) is 8.68. The maximum atomic E-state index is 14.2. The fraction of sp³-hybridized carbons (Fsp3) is 0.294. The molecule has 0 heterocycles. The molecule has 4 rings (SSSR count). The van der Waals surface area contributed by atoms with E-state index in [0.717, 1.165) is 11.1 Å². The van der Waals surface area contributed by atoms with E-state index in [1.807, 2.05) is 37.3 Å². The van der Waals surface area contributed by atoms with Gasteiger partial charge in [-0.15, -0.1) is 0 Å². The molecule has 3 aromatic carbocycles. The number of aryl methyl sites for hydroxylation is 1. The molecule has 0 aromatic heterocycles. The summed E-state index contributed by atoms with van der Waals surface area (Å²) in [6, 6.07) is 21.0. The summed E-state index contributed by atoms with van der Waals surface area (Å²) >= 11 is 0. The van der Waals surface area contributed by atoms with Crippen LogP contribution in [0.5, 0.6) is 0 Å². The Labute approximate surface area is 252 Å². The summed E-state index contributed by atoms with van der Waals surface area (Å²) in [5, 5.41) is 0. The maximum absolute atomic E-state index is 14.2. The molecule has 3 aromatic rings. The molecule has 1 aliphatic carbocycles. The van der Waals surface area contributed by atoms with Crippen LogP contribution in [0.25, 0.3) is 0 Å². The number of carbonyl (C=O) groups excluding carboxylic acids is 2. The van der Waals surface area contributed by atoms with Crippen molar-refractivity contribution >= 4 is 22.0 Å². The highest BCUT2D eigenvalue weighted by molar-refractivity contribution is 7.89. The first-order valence-electron chi connectivity index (χ1n) is 14.0. The zero-order chi connectivity index (χ0) is 31.4. The third kappa shape index (κ3) is 7.22. The standard InChI is InChI=1S/C34H36FNO6S/c1-6-41-31(37)30(36-43(39,40)27-18-12-23(2)13-19-27)28-20-21-34(32(38)42-33(3,4)5,22-24-10-8-7-9-11-24)29(28)25-14-16-26(35)17-15-25/h7-21,29,36H,6,22H2,1-5H3/b30-28+/t29-,34+/m0/s1. The third-order valence-corrected chi connectivity index (χ3v) is 8.41. The van der Waals surface area contributed by atoms with E-state index in [1.54, 1.807) is 52.0 Å². The number of allylic oxidation sites excluding steroid dienone is 2. The highest BCUT2D eigenvalue weighted by atomic mass is 32.2. The van der Waals surface area contributed by atoms with E-state index < -0.39 is 44.7 Å². The van der Waals surface area contributed by atoms with Crippen LogP contribution in [0.1, 0.15) is 50.3 Å². The predicted octanol–water partition coefficient (Wildman–Crippen LogP) is 6.15. The lowest BCUT2D eigenvalue weighted by atomic mass is 9.69. The Morgan fingerprint density at radius 2 is 1.58 bits per heavy atom. The molecule has 226 valence electrons. The van der Waals surface area contributed by atoms with Gasteiger partial charge in [-0.2, -0.15) is 0 Å². The van der Waals surface area contributed by atoms with Gasteiger partial charge in [0.05, 0.1) is 11.5 Å². The van der Waals surface area contributed by atoms with Gasteiger partial charge in [-0.05, 0) is 82.0 Å². The summed E-state index contributed by atoms with van der Waals surface area (Å²) < 4.78 is 55.0. The van der Waals surface area contributed by atoms with Gasteiger partial charge in [-0.25, -0.2) is 17.6 Å². The van der Waals surface area contributed by atoms with E-state index >= 15 is 0 Å². The normalized spacial score (nSPS) is 19.5. The zero-order valence-electron chi connectivity index (χ0n) is 24.9. The molecule has 1 N–H and O–H groups in total. The Kier molecular flexibility index (Phi) is 9.25. The molecule has 43 heavy (non-hydrogen) atoms. The summed E-state index contributed by atoms with van der Waals surface area (Å²) in [4.78, 5) is 27.6. The third-order valence-electron chi connectivity index (χ3n) is 7.04. The molecule has 0 saturated heterocycles. The van der Waals surface area contributed by atoms with Crippen LogP contribution in [-0.2, 0) is 35.5 Å². The van der Waals surface area contributed by atoms with E-state index in [1.165, 1.54) is 36.4 Å². The van der Waals surface area contributed by atoms with Gasteiger partial charge in [0.15, 0.2) is 0 Å². The SMILES string of the molecule is CCOC(=O)/C(NS(=O)(=O)c1ccc(C)cc1)=C1/C=C[C@](Cc2ccccc2)(C(=O)OC(C)(C)C)[C@H]1c1ccc(F)cc1. The van der Waals surface area contributed by atoms with Crippen molar-refractivity contribution in [1.29, 1.82) is 0 Å². The second-order valence-electron chi connectivity index (χ2n) is 11.5. The van der Waals surface area contributed by atoms with E-state index in [9.17, 15) is 22.4 Å². The molecule has 9 heteroatoms. The minimum Gasteiger partial charge on any atom is -0.461 e. The minimum absolute atomic E-state index is 0.0198. The van der Waals surface area contributed by atoms with Gasteiger partial charge in [0.25, 0.3) is 10.0 Å². The number of rotatable bonds is 9. The average Bonchev–Trinajstić information content (AvgIpc) is 3.32. The molecule has 0 spiro atoms. The number of ether oxygens (including phenoxy) is 2. The molecule has 0 bridgehead atoms. The van der Waals surface area contributed by atoms with Crippen LogP contribution in [0.2, 0.25) is 0 Å². The number of hydrogen-bond donors (Lipinski definition) is 1. The van der Waals surface area contributed by atoms with Gasteiger partial charge in [0.2, 0.25) is 0 Å². The summed E-state index contributed by atoms with van der Waals surface area (Å²) in [5.41, 5.74) is -0.265. The van der Waals surface area contributed by atoms with Crippen molar-refractivity contribution in [3.8, 4) is 0 Å². The fourth-order valence-electron chi connectivity index (χ4n) is 5.13. The molecule has 2 atom stereocenters. The van der Waals surface area contributed by atoms with Crippen molar-refractivity contribution in [2.45, 2.75) is 57.5 Å². The number of sulfonamides is 1. The summed E-state index contributed by atoms with van der Waals surface area (Å²) in [5.74, 6) is -2.92. The lowest BCUT2D eigenvalue weighted by Gasteiger charge is -2.36. The number of nitrogens with one attached hydrogen (secondary N) is 1. The molecule has 0 saturated carbocycles. The second-order valence-corrected chi connectivity index (χ2v) is 13.2. The number of hydrogen-bond acceptors (Lipinski definition) is 6. The first-order valence-corrected chi connectivity index (χ1v) is 15.5. The molecule has 0 amide bonds. The molecule has 0 radical (unpaired) electrons. The Morgan fingerprint density at radius 3 is 2.16 bits per heavy atom. The lowest BCUT2D eigenvalue weighted by molar-refractivity contribution is -0.165. The fourth-order valence-corrected chi connectivity index (χ4v) is 6.21. The number of halogens is 1. The monoisotopic (exact) mass is 605 g/mol. The van der Waals surface area contributed by atoms with E-state index in [4.69, 9.17) is 9.47 Å². The molecule has 7 nitrogen and oxygen atoms in total. The van der Waals surface area contributed by atoms with Crippen LogP contribution in [0, 0.1) is 18.2 Å². The Balaban J connectivity index is 1.98. The summed E-state index contributed by atoms with van der Waals surface area (Å²) in [6.07, 6.45) is 3.37. The highest BCUT2D eigenvalue weighted by Gasteiger charge is 2.52. The number of esters is 2. The minimum atomic E-state index is -4.25. The van der Waals surface area contributed by atoms with Gasteiger partial charge >= 0.3 is 11.9 Å². The average molecular weight is 606 g/mol. The molecule has 0 fully saturated rings. The van der Waals surface area contributed by atoms with E-state index in [0.29, 0.717) is 5.56 Å². The van der Waals surface area contributed by atoms with Gasteiger partial charge < -0.3 is 9.47 Å². The molecular weight excluding hydrogens is 569 g/mol. The first kappa shape index (κ1) is 31.7. The number of carbonyl (C=O) groups is 2. The predicted molar refractivity (Wildman–Crippen MR) is 162 cm³/mol.